The molecule has 0 aromatic heterocycles. The van der Waals surface area contributed by atoms with Crippen LogP contribution in [0.2, 0.25) is 0 Å². The van der Waals surface area contributed by atoms with E-state index in [0.717, 1.165) is 5.56 Å². The summed E-state index contributed by atoms with van der Waals surface area (Å²) in [5.41, 5.74) is 4.18. The van der Waals surface area contributed by atoms with Crippen LogP contribution in [0.5, 0.6) is 0 Å². The van der Waals surface area contributed by atoms with Gasteiger partial charge in [-0.25, -0.2) is 13.6 Å². The van der Waals surface area contributed by atoms with Crippen molar-refractivity contribution in [1.82, 2.24) is 0 Å². The molecule has 23 heavy (non-hydrogen) atoms. The molecule has 1 fully saturated rings. The topological polar surface area (TPSA) is 60.2 Å². The summed E-state index contributed by atoms with van der Waals surface area (Å²) in [4.78, 5) is 0.165. The largest absolute Gasteiger partial charge is 0.238 e. The van der Waals surface area contributed by atoms with Gasteiger partial charge in [-0.2, -0.15) is 0 Å². The van der Waals surface area contributed by atoms with Crippen molar-refractivity contribution >= 4 is 16.1 Å². The number of hydrogen-bond acceptors (Lipinski definition) is 2. The Morgan fingerprint density at radius 2 is 1.52 bits per heavy atom. The number of benzene rings is 2. The first-order chi connectivity index (χ1) is 11.0. The second-order valence-electron chi connectivity index (χ2n) is 6.03. The minimum absolute atomic E-state index is 0.165. The van der Waals surface area contributed by atoms with Gasteiger partial charge in [0, 0.05) is 5.56 Å². The van der Waals surface area contributed by atoms with Crippen LogP contribution in [0.1, 0.15) is 37.7 Å². The van der Waals surface area contributed by atoms with Crippen LogP contribution in [0, 0.1) is 0 Å². The average molecular weight is 327 g/mol. The fourth-order valence-corrected chi connectivity index (χ4v) is 3.86. The summed E-state index contributed by atoms with van der Waals surface area (Å²) in [6.45, 7) is 0. The maximum absolute atomic E-state index is 11.7. The fraction of sp³-hybridized carbons (Fsp3) is 0.263. The summed E-state index contributed by atoms with van der Waals surface area (Å²) in [5.74, 6) is 0. The minimum atomic E-state index is -3.73. The van der Waals surface area contributed by atoms with Crippen molar-refractivity contribution in [2.24, 2.45) is 5.14 Å². The molecule has 1 aliphatic carbocycles. The van der Waals surface area contributed by atoms with Gasteiger partial charge in [0.15, 0.2) is 0 Å². The van der Waals surface area contributed by atoms with Crippen molar-refractivity contribution < 1.29 is 8.42 Å². The van der Waals surface area contributed by atoms with Gasteiger partial charge < -0.3 is 0 Å². The molecule has 2 aromatic rings. The van der Waals surface area contributed by atoms with Crippen LogP contribution in [-0.2, 0) is 10.0 Å². The molecule has 0 aliphatic heterocycles. The monoisotopic (exact) mass is 327 g/mol. The van der Waals surface area contributed by atoms with E-state index < -0.39 is 10.0 Å². The zero-order valence-corrected chi connectivity index (χ0v) is 13.9. The van der Waals surface area contributed by atoms with E-state index in [0.29, 0.717) is 5.56 Å². The first-order valence-electron chi connectivity index (χ1n) is 7.96. The Bertz CT molecular complexity index is 813. The molecule has 4 heteroatoms. The van der Waals surface area contributed by atoms with Gasteiger partial charge in [-0.05, 0) is 42.9 Å². The average Bonchev–Trinajstić information content (AvgIpc) is 2.56. The molecular weight excluding hydrogens is 306 g/mol. The Labute approximate surface area is 137 Å². The van der Waals surface area contributed by atoms with Gasteiger partial charge in [0.1, 0.15) is 0 Å². The van der Waals surface area contributed by atoms with Crippen molar-refractivity contribution in [2.45, 2.75) is 37.0 Å². The zero-order chi connectivity index (χ0) is 16.3. The molecule has 0 amide bonds. The summed E-state index contributed by atoms with van der Waals surface area (Å²) in [5, 5.41) is 5.31. The lowest BCUT2D eigenvalue weighted by atomic mass is 9.93. The molecule has 0 radical (unpaired) electrons. The summed E-state index contributed by atoms with van der Waals surface area (Å²) >= 11 is 0. The molecule has 0 bridgehead atoms. The van der Waals surface area contributed by atoms with E-state index in [4.69, 9.17) is 5.14 Å². The van der Waals surface area contributed by atoms with E-state index in [2.05, 4.69) is 6.08 Å². The highest BCUT2D eigenvalue weighted by atomic mass is 32.2. The molecular formula is C19H21NO2S. The summed E-state index contributed by atoms with van der Waals surface area (Å²) < 4.78 is 23.4. The van der Waals surface area contributed by atoms with Gasteiger partial charge in [-0.1, -0.05) is 60.5 Å². The maximum atomic E-state index is 11.7. The number of hydrogen-bond donors (Lipinski definition) is 1. The minimum Gasteiger partial charge on any atom is -0.225 e. The lowest BCUT2D eigenvalue weighted by molar-refractivity contribution is 0.598. The standard InChI is InChI=1S/C19H21NO2S/c20-23(21,22)19-9-5-4-8-18(19)17-12-10-16(11-13-17)14-15-6-2-1-3-7-15/h4-5,8-14H,1-3,6-7H2,(H2,20,21,22). The van der Waals surface area contributed by atoms with Crippen LogP contribution < -0.4 is 5.14 Å². The van der Waals surface area contributed by atoms with Crippen LogP contribution in [0.4, 0.5) is 0 Å². The van der Waals surface area contributed by atoms with E-state index in [9.17, 15) is 8.42 Å². The third kappa shape index (κ3) is 3.89. The molecule has 0 heterocycles. The van der Waals surface area contributed by atoms with Crippen molar-refractivity contribution in [3.63, 3.8) is 0 Å². The second-order valence-corrected chi connectivity index (χ2v) is 7.56. The third-order valence-corrected chi connectivity index (χ3v) is 5.25. The van der Waals surface area contributed by atoms with Crippen LogP contribution >= 0.6 is 0 Å². The lowest BCUT2D eigenvalue weighted by Gasteiger charge is -2.13. The van der Waals surface area contributed by atoms with E-state index in [-0.39, 0.29) is 4.90 Å². The zero-order valence-electron chi connectivity index (χ0n) is 13.0. The number of nitrogens with two attached hydrogens (primary N) is 1. The maximum Gasteiger partial charge on any atom is 0.238 e. The Morgan fingerprint density at radius 1 is 0.870 bits per heavy atom. The van der Waals surface area contributed by atoms with E-state index in [1.165, 1.54) is 43.2 Å². The predicted molar refractivity (Wildman–Crippen MR) is 94.3 cm³/mol. The molecule has 1 saturated carbocycles. The highest BCUT2D eigenvalue weighted by Crippen LogP contribution is 2.28. The van der Waals surface area contributed by atoms with Crippen LogP contribution in [-0.4, -0.2) is 8.42 Å². The lowest BCUT2D eigenvalue weighted by Crippen LogP contribution is -2.13. The molecule has 1 aliphatic rings. The molecule has 0 spiro atoms. The van der Waals surface area contributed by atoms with Crippen LogP contribution in [0.25, 0.3) is 17.2 Å². The van der Waals surface area contributed by atoms with Gasteiger partial charge in [0.2, 0.25) is 10.0 Å². The molecule has 2 N–H and O–H groups in total. The van der Waals surface area contributed by atoms with Crippen LogP contribution in [0.15, 0.2) is 59.0 Å². The van der Waals surface area contributed by atoms with E-state index in [1.54, 1.807) is 18.2 Å². The van der Waals surface area contributed by atoms with Gasteiger partial charge in [-0.3, -0.25) is 0 Å². The predicted octanol–water partition coefficient (Wildman–Crippen LogP) is 4.35. The Kier molecular flexibility index (Phi) is 4.64. The molecule has 120 valence electrons. The van der Waals surface area contributed by atoms with Gasteiger partial charge >= 0.3 is 0 Å². The van der Waals surface area contributed by atoms with E-state index >= 15 is 0 Å². The highest BCUT2D eigenvalue weighted by Gasteiger charge is 2.14. The number of allylic oxidation sites excluding steroid dienone is 1. The van der Waals surface area contributed by atoms with E-state index in [1.807, 2.05) is 30.3 Å². The number of rotatable bonds is 3. The quantitative estimate of drug-likeness (QED) is 0.911. The Balaban J connectivity index is 1.91. The third-order valence-electron chi connectivity index (χ3n) is 4.28. The van der Waals surface area contributed by atoms with Crippen molar-refractivity contribution in [1.29, 1.82) is 0 Å². The molecule has 3 nitrogen and oxygen atoms in total. The normalized spacial score (nSPS) is 15.4. The van der Waals surface area contributed by atoms with Gasteiger partial charge in [-0.15, -0.1) is 0 Å². The Morgan fingerprint density at radius 3 is 2.17 bits per heavy atom. The van der Waals surface area contributed by atoms with Gasteiger partial charge in [0.05, 0.1) is 4.90 Å². The van der Waals surface area contributed by atoms with Crippen molar-refractivity contribution in [3.8, 4) is 11.1 Å². The summed E-state index contributed by atoms with van der Waals surface area (Å²) in [6.07, 6.45) is 8.54. The Hall–Kier alpha value is -1.91. The van der Waals surface area contributed by atoms with Crippen molar-refractivity contribution in [3.05, 3.63) is 59.7 Å². The summed E-state index contributed by atoms with van der Waals surface area (Å²) in [6, 6.07) is 14.8. The molecule has 2 aromatic carbocycles. The SMILES string of the molecule is NS(=O)(=O)c1ccccc1-c1ccc(C=C2CCCCC2)cc1. The molecule has 0 unspecified atom stereocenters. The fourth-order valence-electron chi connectivity index (χ4n) is 3.10. The molecule has 3 rings (SSSR count). The smallest absolute Gasteiger partial charge is 0.225 e. The first-order valence-corrected chi connectivity index (χ1v) is 9.50. The summed E-state index contributed by atoms with van der Waals surface area (Å²) in [7, 11) is -3.73. The molecule has 0 atom stereocenters. The van der Waals surface area contributed by atoms with Crippen molar-refractivity contribution in [2.75, 3.05) is 0 Å². The van der Waals surface area contributed by atoms with Crippen LogP contribution in [0.3, 0.4) is 0 Å². The second kappa shape index (κ2) is 6.69. The highest BCUT2D eigenvalue weighted by molar-refractivity contribution is 7.89. The first kappa shape index (κ1) is 16.0. The molecule has 0 saturated heterocycles. The number of primary sulfonamides is 1. The van der Waals surface area contributed by atoms with Gasteiger partial charge in [0.25, 0.3) is 0 Å². The number of sulfonamides is 1.